The van der Waals surface area contributed by atoms with E-state index in [0.29, 0.717) is 19.6 Å². The van der Waals surface area contributed by atoms with E-state index in [4.69, 9.17) is 9.84 Å². The molecule has 0 heterocycles. The summed E-state index contributed by atoms with van der Waals surface area (Å²) < 4.78 is 5.13. The molecule has 0 spiro atoms. The lowest BCUT2D eigenvalue weighted by molar-refractivity contribution is 0.184. The third kappa shape index (κ3) is 6.04. The largest absolute Gasteiger partial charge is 0.396 e. The van der Waals surface area contributed by atoms with Gasteiger partial charge in [-0.3, -0.25) is 0 Å². The van der Waals surface area contributed by atoms with Crippen LogP contribution in [0.1, 0.15) is 30.9 Å². The summed E-state index contributed by atoms with van der Waals surface area (Å²) in [4.78, 5) is 11.7. The highest BCUT2D eigenvalue weighted by atomic mass is 16.5. The zero-order valence-corrected chi connectivity index (χ0v) is 12.2. The van der Waals surface area contributed by atoms with Gasteiger partial charge < -0.3 is 20.5 Å². The average Bonchev–Trinajstić information content (AvgIpc) is 2.44. The number of hydrogen-bond acceptors (Lipinski definition) is 3. The molecular weight excluding hydrogens is 256 g/mol. The van der Waals surface area contributed by atoms with Crippen molar-refractivity contribution in [3.8, 4) is 0 Å². The summed E-state index contributed by atoms with van der Waals surface area (Å²) in [6, 6.07) is 7.72. The minimum atomic E-state index is -0.192. The van der Waals surface area contributed by atoms with E-state index in [1.165, 1.54) is 0 Å². The second-order valence-electron chi connectivity index (χ2n) is 4.80. The predicted molar refractivity (Wildman–Crippen MR) is 78.3 cm³/mol. The predicted octanol–water partition coefficient (Wildman–Crippen LogP) is 1.79. The van der Waals surface area contributed by atoms with Crippen LogP contribution in [0.2, 0.25) is 0 Å². The maximum Gasteiger partial charge on any atom is 0.315 e. The number of nitrogens with one attached hydrogen (secondary N) is 2. The molecule has 5 heteroatoms. The number of methoxy groups -OCH3 is 1. The maximum absolute atomic E-state index is 11.7. The van der Waals surface area contributed by atoms with E-state index in [0.717, 1.165) is 17.5 Å². The summed E-state index contributed by atoms with van der Waals surface area (Å²) in [5, 5.41) is 14.4. The van der Waals surface area contributed by atoms with Crippen LogP contribution in [0, 0.1) is 0 Å². The summed E-state index contributed by atoms with van der Waals surface area (Å²) in [5.74, 6) is 0. The summed E-state index contributed by atoms with van der Waals surface area (Å²) in [6.45, 7) is 3.08. The number of carbonyl (C=O) groups excluding carboxylic acids is 1. The lowest BCUT2D eigenvalue weighted by Crippen LogP contribution is -2.40. The van der Waals surface area contributed by atoms with Gasteiger partial charge in [-0.05, 0) is 30.9 Å². The van der Waals surface area contributed by atoms with Gasteiger partial charge in [-0.1, -0.05) is 24.3 Å². The Morgan fingerprint density at radius 1 is 1.35 bits per heavy atom. The Morgan fingerprint density at radius 2 is 2.05 bits per heavy atom. The van der Waals surface area contributed by atoms with Gasteiger partial charge in [0.15, 0.2) is 0 Å². The van der Waals surface area contributed by atoms with Crippen LogP contribution in [-0.4, -0.2) is 30.9 Å². The van der Waals surface area contributed by atoms with Crippen LogP contribution < -0.4 is 10.6 Å². The molecule has 0 aliphatic rings. The van der Waals surface area contributed by atoms with Gasteiger partial charge in [0, 0.05) is 26.3 Å². The van der Waals surface area contributed by atoms with E-state index in [1.807, 2.05) is 31.2 Å². The number of aliphatic hydroxyl groups excluding tert-OH is 1. The van der Waals surface area contributed by atoms with E-state index in [9.17, 15) is 4.79 Å². The van der Waals surface area contributed by atoms with Crippen molar-refractivity contribution in [3.05, 3.63) is 35.4 Å². The van der Waals surface area contributed by atoms with E-state index in [-0.39, 0.29) is 18.7 Å². The Labute approximate surface area is 120 Å². The van der Waals surface area contributed by atoms with E-state index in [1.54, 1.807) is 7.11 Å². The van der Waals surface area contributed by atoms with Gasteiger partial charge in [-0.15, -0.1) is 0 Å². The van der Waals surface area contributed by atoms with Crippen molar-refractivity contribution in [1.29, 1.82) is 0 Å². The Bertz CT molecular complexity index is 410. The van der Waals surface area contributed by atoms with Crippen molar-refractivity contribution in [2.75, 3.05) is 13.7 Å². The lowest BCUT2D eigenvalue weighted by atomic mass is 10.1. The van der Waals surface area contributed by atoms with Gasteiger partial charge in [-0.25, -0.2) is 4.79 Å². The molecule has 0 bridgehead atoms. The van der Waals surface area contributed by atoms with Crippen LogP contribution in [0.4, 0.5) is 4.79 Å². The third-order valence-electron chi connectivity index (χ3n) is 3.03. The highest BCUT2D eigenvalue weighted by molar-refractivity contribution is 5.74. The molecular formula is C15H24N2O3. The van der Waals surface area contributed by atoms with Crippen molar-refractivity contribution in [2.45, 2.75) is 39.0 Å². The minimum absolute atomic E-state index is 0.0522. The SMILES string of the molecule is COCc1ccccc1CNC(=O)NC(C)CCCO. The maximum atomic E-state index is 11.7. The van der Waals surface area contributed by atoms with Crippen LogP contribution in [0.25, 0.3) is 0 Å². The normalized spacial score (nSPS) is 11.9. The van der Waals surface area contributed by atoms with Crippen molar-refractivity contribution in [1.82, 2.24) is 10.6 Å². The van der Waals surface area contributed by atoms with Crippen LogP contribution >= 0.6 is 0 Å². The molecule has 0 aromatic heterocycles. The first kappa shape index (κ1) is 16.5. The second kappa shape index (κ2) is 9.34. The molecule has 1 aromatic carbocycles. The van der Waals surface area contributed by atoms with Crippen molar-refractivity contribution >= 4 is 6.03 Å². The number of aliphatic hydroxyl groups is 1. The quantitative estimate of drug-likeness (QED) is 0.680. The molecule has 0 aliphatic heterocycles. The van der Waals surface area contributed by atoms with Gasteiger partial charge in [0.05, 0.1) is 6.61 Å². The summed E-state index contributed by atoms with van der Waals surface area (Å²) in [7, 11) is 1.65. The van der Waals surface area contributed by atoms with Gasteiger partial charge in [0.1, 0.15) is 0 Å². The van der Waals surface area contributed by atoms with Crippen molar-refractivity contribution in [2.24, 2.45) is 0 Å². The fraction of sp³-hybridized carbons (Fsp3) is 0.533. The van der Waals surface area contributed by atoms with Crippen molar-refractivity contribution < 1.29 is 14.6 Å². The number of benzene rings is 1. The van der Waals surface area contributed by atoms with Gasteiger partial charge in [0.2, 0.25) is 0 Å². The molecule has 20 heavy (non-hydrogen) atoms. The van der Waals surface area contributed by atoms with Crippen LogP contribution in [0.5, 0.6) is 0 Å². The molecule has 112 valence electrons. The first-order chi connectivity index (χ1) is 9.67. The topological polar surface area (TPSA) is 70.6 Å². The number of urea groups is 1. The van der Waals surface area contributed by atoms with Gasteiger partial charge in [0.25, 0.3) is 0 Å². The molecule has 1 rings (SSSR count). The molecule has 0 saturated carbocycles. The standard InChI is InChI=1S/C15H24N2O3/c1-12(6-5-9-18)17-15(19)16-10-13-7-3-4-8-14(13)11-20-2/h3-4,7-8,12,18H,5-6,9-11H2,1-2H3,(H2,16,17,19). The first-order valence-electron chi connectivity index (χ1n) is 6.88. The number of amides is 2. The number of ether oxygens (including phenoxy) is 1. The van der Waals surface area contributed by atoms with Crippen LogP contribution in [-0.2, 0) is 17.9 Å². The molecule has 0 aliphatic carbocycles. The van der Waals surface area contributed by atoms with E-state index < -0.39 is 0 Å². The monoisotopic (exact) mass is 280 g/mol. The zero-order chi connectivity index (χ0) is 14.8. The zero-order valence-electron chi connectivity index (χ0n) is 12.2. The van der Waals surface area contributed by atoms with E-state index in [2.05, 4.69) is 10.6 Å². The second-order valence-corrected chi connectivity index (χ2v) is 4.80. The number of carbonyl (C=O) groups is 1. The molecule has 0 radical (unpaired) electrons. The van der Waals surface area contributed by atoms with Crippen LogP contribution in [0.3, 0.4) is 0 Å². The summed E-state index contributed by atoms with van der Waals surface area (Å²) in [6.07, 6.45) is 1.46. The molecule has 0 saturated heterocycles. The summed E-state index contributed by atoms with van der Waals surface area (Å²) in [5.41, 5.74) is 2.12. The molecule has 0 fully saturated rings. The highest BCUT2D eigenvalue weighted by Gasteiger charge is 2.07. The number of rotatable bonds is 8. The average molecular weight is 280 g/mol. The smallest absolute Gasteiger partial charge is 0.315 e. The minimum Gasteiger partial charge on any atom is -0.396 e. The fourth-order valence-electron chi connectivity index (χ4n) is 1.95. The Morgan fingerprint density at radius 3 is 2.70 bits per heavy atom. The Balaban J connectivity index is 2.40. The highest BCUT2D eigenvalue weighted by Crippen LogP contribution is 2.09. The Kier molecular flexibility index (Phi) is 7.69. The first-order valence-corrected chi connectivity index (χ1v) is 6.88. The molecule has 5 nitrogen and oxygen atoms in total. The number of hydrogen-bond donors (Lipinski definition) is 3. The van der Waals surface area contributed by atoms with Gasteiger partial charge >= 0.3 is 6.03 Å². The molecule has 1 unspecified atom stereocenters. The lowest BCUT2D eigenvalue weighted by Gasteiger charge is -2.15. The molecule has 2 amide bonds. The molecule has 3 N–H and O–H groups in total. The Hall–Kier alpha value is -1.59. The van der Waals surface area contributed by atoms with Crippen LogP contribution in [0.15, 0.2) is 24.3 Å². The molecule has 1 aromatic rings. The molecule has 1 atom stereocenters. The fourth-order valence-corrected chi connectivity index (χ4v) is 1.95. The van der Waals surface area contributed by atoms with E-state index >= 15 is 0 Å². The van der Waals surface area contributed by atoms with Gasteiger partial charge in [-0.2, -0.15) is 0 Å². The van der Waals surface area contributed by atoms with Crippen molar-refractivity contribution in [3.63, 3.8) is 0 Å². The summed E-state index contributed by atoms with van der Waals surface area (Å²) >= 11 is 0. The third-order valence-corrected chi connectivity index (χ3v) is 3.03.